The third-order valence-corrected chi connectivity index (χ3v) is 4.30. The van der Waals surface area contributed by atoms with Crippen LogP contribution in [0, 0.1) is 5.92 Å². The lowest BCUT2D eigenvalue weighted by molar-refractivity contribution is 0.0977. The molecule has 1 aliphatic heterocycles. The minimum Gasteiger partial charge on any atom is -0.392 e. The smallest absolute Gasteiger partial charge is 0.0627 e. The van der Waals surface area contributed by atoms with Crippen LogP contribution in [-0.2, 0) is 11.2 Å². The number of aliphatic hydroxyl groups excluding tert-OH is 1. The summed E-state index contributed by atoms with van der Waals surface area (Å²) in [7, 11) is 0. The van der Waals surface area contributed by atoms with E-state index in [1.807, 2.05) is 12.3 Å². The number of rotatable bonds is 3. The maximum absolute atomic E-state index is 10.5. The lowest BCUT2D eigenvalue weighted by Gasteiger charge is -2.29. The van der Waals surface area contributed by atoms with E-state index in [0.717, 1.165) is 44.6 Å². The molecule has 0 spiro atoms. The fourth-order valence-electron chi connectivity index (χ4n) is 3.29. The molecule has 0 aromatic carbocycles. The van der Waals surface area contributed by atoms with Gasteiger partial charge in [0.2, 0.25) is 0 Å². The second-order valence-corrected chi connectivity index (χ2v) is 5.58. The molecule has 0 saturated carbocycles. The molecule has 98 valence electrons. The van der Waals surface area contributed by atoms with Crippen molar-refractivity contribution in [2.45, 2.75) is 44.1 Å². The van der Waals surface area contributed by atoms with Gasteiger partial charge < -0.3 is 9.84 Å². The average molecular weight is 247 g/mol. The van der Waals surface area contributed by atoms with Crippen LogP contribution in [0.25, 0.3) is 0 Å². The average Bonchev–Trinajstić information content (AvgIpc) is 2.91. The predicted molar refractivity (Wildman–Crippen MR) is 69.5 cm³/mol. The highest BCUT2D eigenvalue weighted by Crippen LogP contribution is 2.35. The summed E-state index contributed by atoms with van der Waals surface area (Å²) >= 11 is 0. The lowest BCUT2D eigenvalue weighted by Crippen LogP contribution is -2.26. The zero-order valence-corrected chi connectivity index (χ0v) is 10.7. The molecule has 3 nitrogen and oxygen atoms in total. The topological polar surface area (TPSA) is 42.4 Å². The van der Waals surface area contributed by atoms with Crippen LogP contribution in [-0.4, -0.2) is 29.4 Å². The maximum atomic E-state index is 10.5. The first-order valence-electron chi connectivity index (χ1n) is 7.04. The minimum atomic E-state index is -0.259. The third-order valence-electron chi connectivity index (χ3n) is 4.30. The Labute approximate surface area is 108 Å². The normalized spacial score (nSPS) is 28.9. The van der Waals surface area contributed by atoms with E-state index < -0.39 is 0 Å². The van der Waals surface area contributed by atoms with Gasteiger partial charge in [-0.2, -0.15) is 0 Å². The second-order valence-electron chi connectivity index (χ2n) is 5.58. The molecule has 3 heteroatoms. The zero-order valence-electron chi connectivity index (χ0n) is 10.7. The Morgan fingerprint density at radius 2 is 2.39 bits per heavy atom. The van der Waals surface area contributed by atoms with Gasteiger partial charge in [0.25, 0.3) is 0 Å². The van der Waals surface area contributed by atoms with Gasteiger partial charge in [0.15, 0.2) is 0 Å². The van der Waals surface area contributed by atoms with Gasteiger partial charge in [-0.05, 0) is 49.7 Å². The van der Waals surface area contributed by atoms with Crippen molar-refractivity contribution in [1.29, 1.82) is 0 Å². The summed E-state index contributed by atoms with van der Waals surface area (Å²) in [6, 6.07) is 4.15. The number of hydrogen-bond donors (Lipinski definition) is 1. The second kappa shape index (κ2) is 5.37. The molecule has 0 bridgehead atoms. The van der Waals surface area contributed by atoms with E-state index in [1.54, 1.807) is 0 Å². The fourth-order valence-corrected chi connectivity index (χ4v) is 3.29. The quantitative estimate of drug-likeness (QED) is 0.891. The van der Waals surface area contributed by atoms with Gasteiger partial charge in [-0.3, -0.25) is 4.98 Å². The van der Waals surface area contributed by atoms with Crippen molar-refractivity contribution in [3.63, 3.8) is 0 Å². The molecule has 18 heavy (non-hydrogen) atoms. The third kappa shape index (κ3) is 2.43. The SMILES string of the molecule is OC(CC1CCOC1)C1CCCc2cccnc21. The van der Waals surface area contributed by atoms with Crippen LogP contribution in [0.1, 0.15) is 42.9 Å². The first-order valence-corrected chi connectivity index (χ1v) is 7.04. The Kier molecular flexibility index (Phi) is 3.62. The molecule has 3 rings (SSSR count). The number of nitrogens with zero attached hydrogens (tertiary/aromatic N) is 1. The standard InChI is InChI=1S/C15H21NO2/c17-14(9-11-6-8-18-10-11)13-5-1-3-12-4-2-7-16-15(12)13/h2,4,7,11,13-14,17H,1,3,5-6,8-10H2. The van der Waals surface area contributed by atoms with Gasteiger partial charge in [0.05, 0.1) is 6.10 Å². The summed E-state index contributed by atoms with van der Waals surface area (Å²) in [5, 5.41) is 10.5. The number of aliphatic hydroxyl groups is 1. The molecule has 1 saturated heterocycles. The van der Waals surface area contributed by atoms with Crippen molar-refractivity contribution < 1.29 is 9.84 Å². The van der Waals surface area contributed by atoms with Crippen molar-refractivity contribution in [2.75, 3.05) is 13.2 Å². The Bertz CT molecular complexity index is 401. The summed E-state index contributed by atoms with van der Waals surface area (Å²) in [6.07, 6.45) is 6.90. The van der Waals surface area contributed by atoms with E-state index in [0.29, 0.717) is 5.92 Å². The molecule has 0 radical (unpaired) electrons. The number of aromatic nitrogens is 1. The van der Waals surface area contributed by atoms with E-state index in [1.165, 1.54) is 12.0 Å². The number of fused-ring (bicyclic) bond motifs is 1. The Morgan fingerprint density at radius 3 is 3.22 bits per heavy atom. The largest absolute Gasteiger partial charge is 0.392 e. The number of pyridine rings is 1. The summed E-state index contributed by atoms with van der Waals surface area (Å²) < 4.78 is 5.39. The van der Waals surface area contributed by atoms with E-state index in [4.69, 9.17) is 4.74 Å². The molecule has 3 atom stereocenters. The van der Waals surface area contributed by atoms with Crippen LogP contribution in [0.2, 0.25) is 0 Å². The van der Waals surface area contributed by atoms with Crippen LogP contribution in [0.3, 0.4) is 0 Å². The molecular formula is C15H21NO2. The van der Waals surface area contributed by atoms with Crippen molar-refractivity contribution in [3.05, 3.63) is 29.6 Å². The van der Waals surface area contributed by atoms with Crippen LogP contribution in [0.4, 0.5) is 0 Å². The van der Waals surface area contributed by atoms with Crippen molar-refractivity contribution in [1.82, 2.24) is 4.98 Å². The van der Waals surface area contributed by atoms with Crippen LogP contribution < -0.4 is 0 Å². The Hall–Kier alpha value is -0.930. The van der Waals surface area contributed by atoms with Gasteiger partial charge in [0.1, 0.15) is 0 Å². The van der Waals surface area contributed by atoms with Crippen LogP contribution >= 0.6 is 0 Å². The molecule has 1 fully saturated rings. The van der Waals surface area contributed by atoms with Crippen LogP contribution in [0.15, 0.2) is 18.3 Å². The van der Waals surface area contributed by atoms with Crippen molar-refractivity contribution in [2.24, 2.45) is 5.92 Å². The first-order chi connectivity index (χ1) is 8.84. The molecule has 1 N–H and O–H groups in total. The number of ether oxygens (including phenoxy) is 1. The number of hydrogen-bond acceptors (Lipinski definition) is 3. The van der Waals surface area contributed by atoms with Gasteiger partial charge >= 0.3 is 0 Å². The highest BCUT2D eigenvalue weighted by atomic mass is 16.5. The van der Waals surface area contributed by atoms with E-state index in [9.17, 15) is 5.11 Å². The summed E-state index contributed by atoms with van der Waals surface area (Å²) in [5.41, 5.74) is 2.46. The monoisotopic (exact) mass is 247 g/mol. The molecule has 2 heterocycles. The lowest BCUT2D eigenvalue weighted by atomic mass is 9.80. The van der Waals surface area contributed by atoms with E-state index in [2.05, 4.69) is 11.1 Å². The summed E-state index contributed by atoms with van der Waals surface area (Å²) in [5.74, 6) is 0.768. The molecular weight excluding hydrogens is 226 g/mol. The Balaban J connectivity index is 1.72. The molecule has 1 aromatic rings. The summed E-state index contributed by atoms with van der Waals surface area (Å²) in [6.45, 7) is 1.68. The van der Waals surface area contributed by atoms with Gasteiger partial charge in [0, 0.05) is 31.0 Å². The zero-order chi connectivity index (χ0) is 12.4. The summed E-state index contributed by atoms with van der Waals surface area (Å²) in [4.78, 5) is 4.51. The molecule has 1 aliphatic carbocycles. The number of aryl methyl sites for hydroxylation is 1. The highest BCUT2D eigenvalue weighted by Gasteiger charge is 2.30. The van der Waals surface area contributed by atoms with Gasteiger partial charge in [-0.15, -0.1) is 0 Å². The molecule has 3 unspecified atom stereocenters. The van der Waals surface area contributed by atoms with Gasteiger partial charge in [-0.1, -0.05) is 6.07 Å². The first kappa shape index (κ1) is 12.1. The van der Waals surface area contributed by atoms with Gasteiger partial charge in [-0.25, -0.2) is 0 Å². The van der Waals surface area contributed by atoms with E-state index >= 15 is 0 Å². The minimum absolute atomic E-state index is 0.232. The Morgan fingerprint density at radius 1 is 1.44 bits per heavy atom. The van der Waals surface area contributed by atoms with E-state index in [-0.39, 0.29) is 12.0 Å². The molecule has 1 aromatic heterocycles. The van der Waals surface area contributed by atoms with Crippen LogP contribution in [0.5, 0.6) is 0 Å². The van der Waals surface area contributed by atoms with Crippen molar-refractivity contribution in [3.8, 4) is 0 Å². The predicted octanol–water partition coefficient (Wildman–Crippen LogP) is 2.29. The molecule has 0 amide bonds. The fraction of sp³-hybridized carbons (Fsp3) is 0.667. The highest BCUT2D eigenvalue weighted by molar-refractivity contribution is 5.26. The molecule has 2 aliphatic rings. The maximum Gasteiger partial charge on any atom is 0.0627 e. The van der Waals surface area contributed by atoms with Crippen molar-refractivity contribution >= 4 is 0 Å².